The van der Waals surface area contributed by atoms with Crippen molar-refractivity contribution in [2.45, 2.75) is 0 Å². The molecular formula is C43H25NS2. The van der Waals surface area contributed by atoms with E-state index in [9.17, 15) is 5.26 Å². The van der Waals surface area contributed by atoms with Gasteiger partial charge in [0.25, 0.3) is 0 Å². The van der Waals surface area contributed by atoms with Crippen LogP contribution in [-0.4, -0.2) is 0 Å². The van der Waals surface area contributed by atoms with Crippen LogP contribution in [0.1, 0.15) is 5.56 Å². The Labute approximate surface area is 274 Å². The van der Waals surface area contributed by atoms with Crippen molar-refractivity contribution in [1.82, 2.24) is 0 Å². The fourth-order valence-corrected chi connectivity index (χ4v) is 8.86. The SMILES string of the molecule is N#Cc1cc(-c2cc(-c3ccc4c(c3)sc3ccccc34)cc(-c3ccc4sc5ccccc5c4c3)c2)ccc1-c1ccccc1. The van der Waals surface area contributed by atoms with Crippen LogP contribution in [0.4, 0.5) is 0 Å². The molecule has 7 aromatic carbocycles. The zero-order chi connectivity index (χ0) is 30.6. The lowest BCUT2D eigenvalue weighted by atomic mass is 9.90. The molecule has 0 saturated heterocycles. The van der Waals surface area contributed by atoms with Crippen LogP contribution in [0, 0.1) is 11.3 Å². The van der Waals surface area contributed by atoms with Gasteiger partial charge in [-0.05, 0) is 99.1 Å². The molecule has 0 saturated carbocycles. The second-order valence-electron chi connectivity index (χ2n) is 11.7. The number of nitrogens with zero attached hydrogens (tertiary/aromatic N) is 1. The van der Waals surface area contributed by atoms with E-state index in [1.807, 2.05) is 46.9 Å². The van der Waals surface area contributed by atoms with E-state index in [2.05, 4.69) is 133 Å². The maximum atomic E-state index is 10.2. The van der Waals surface area contributed by atoms with E-state index in [4.69, 9.17) is 0 Å². The van der Waals surface area contributed by atoms with E-state index in [1.54, 1.807) is 0 Å². The molecule has 0 aliphatic carbocycles. The molecule has 2 aromatic heterocycles. The molecule has 46 heavy (non-hydrogen) atoms. The first-order chi connectivity index (χ1) is 22.7. The number of nitriles is 1. The molecule has 214 valence electrons. The first-order valence-electron chi connectivity index (χ1n) is 15.3. The molecule has 0 fully saturated rings. The molecule has 0 aliphatic heterocycles. The van der Waals surface area contributed by atoms with Crippen LogP contribution in [0.3, 0.4) is 0 Å². The highest BCUT2D eigenvalue weighted by Crippen LogP contribution is 2.41. The standard InChI is InChI=1S/C43H25NS2/c44-26-34-20-28(14-17-35(34)27-8-2-1-3-9-27)31-21-32(29-16-19-42-39(24-29)37-11-5-7-13-41(37)45-42)23-33(22-31)30-15-18-38-36-10-4-6-12-40(36)46-43(38)25-30/h1-25H. The van der Waals surface area contributed by atoms with Crippen LogP contribution in [-0.2, 0) is 0 Å². The van der Waals surface area contributed by atoms with Gasteiger partial charge in [-0.3, -0.25) is 0 Å². The van der Waals surface area contributed by atoms with Crippen LogP contribution in [0.5, 0.6) is 0 Å². The summed E-state index contributed by atoms with van der Waals surface area (Å²) in [6.07, 6.45) is 0. The van der Waals surface area contributed by atoms with Gasteiger partial charge in [0.05, 0.1) is 11.6 Å². The van der Waals surface area contributed by atoms with Crippen molar-refractivity contribution < 1.29 is 0 Å². The smallest absolute Gasteiger partial charge is 0.0998 e. The van der Waals surface area contributed by atoms with E-state index in [0.717, 1.165) is 33.4 Å². The number of benzene rings is 7. The molecule has 0 radical (unpaired) electrons. The Morgan fingerprint density at radius 3 is 1.59 bits per heavy atom. The highest BCUT2D eigenvalue weighted by Gasteiger charge is 2.14. The van der Waals surface area contributed by atoms with Gasteiger partial charge in [-0.15, -0.1) is 22.7 Å². The average molecular weight is 620 g/mol. The molecule has 2 heterocycles. The van der Waals surface area contributed by atoms with Crippen LogP contribution in [0.15, 0.2) is 152 Å². The maximum absolute atomic E-state index is 10.2. The molecule has 0 N–H and O–H groups in total. The average Bonchev–Trinajstić information content (AvgIpc) is 3.69. The van der Waals surface area contributed by atoms with Gasteiger partial charge < -0.3 is 0 Å². The van der Waals surface area contributed by atoms with Crippen LogP contribution < -0.4 is 0 Å². The molecule has 0 atom stereocenters. The maximum Gasteiger partial charge on any atom is 0.0998 e. The molecular weight excluding hydrogens is 595 g/mol. The second kappa shape index (κ2) is 10.8. The van der Waals surface area contributed by atoms with Crippen molar-refractivity contribution in [3.8, 4) is 50.6 Å². The van der Waals surface area contributed by atoms with Gasteiger partial charge in [0.2, 0.25) is 0 Å². The van der Waals surface area contributed by atoms with Gasteiger partial charge in [0.1, 0.15) is 0 Å². The second-order valence-corrected chi connectivity index (χ2v) is 13.8. The lowest BCUT2D eigenvalue weighted by Gasteiger charge is -2.13. The van der Waals surface area contributed by atoms with E-state index >= 15 is 0 Å². The summed E-state index contributed by atoms with van der Waals surface area (Å²) in [6.45, 7) is 0. The van der Waals surface area contributed by atoms with E-state index in [-0.39, 0.29) is 0 Å². The fraction of sp³-hybridized carbons (Fsp3) is 0. The van der Waals surface area contributed by atoms with Crippen molar-refractivity contribution in [3.63, 3.8) is 0 Å². The number of thiophene rings is 2. The summed E-state index contributed by atoms with van der Waals surface area (Å²) in [5.41, 5.74) is 9.49. The quantitative estimate of drug-likeness (QED) is 0.192. The minimum absolute atomic E-state index is 0.675. The Bertz CT molecular complexity index is 2650. The van der Waals surface area contributed by atoms with Gasteiger partial charge >= 0.3 is 0 Å². The van der Waals surface area contributed by atoms with Crippen molar-refractivity contribution in [3.05, 3.63) is 157 Å². The van der Waals surface area contributed by atoms with Crippen molar-refractivity contribution in [2.24, 2.45) is 0 Å². The lowest BCUT2D eigenvalue weighted by Crippen LogP contribution is -1.89. The van der Waals surface area contributed by atoms with Gasteiger partial charge in [-0.25, -0.2) is 0 Å². The van der Waals surface area contributed by atoms with Crippen LogP contribution in [0.2, 0.25) is 0 Å². The fourth-order valence-electron chi connectivity index (χ4n) is 6.62. The highest BCUT2D eigenvalue weighted by molar-refractivity contribution is 7.26. The summed E-state index contributed by atoms with van der Waals surface area (Å²) in [5, 5.41) is 15.4. The Morgan fingerprint density at radius 1 is 0.348 bits per heavy atom. The van der Waals surface area contributed by atoms with Gasteiger partial charge in [0, 0.05) is 40.3 Å². The van der Waals surface area contributed by atoms with Gasteiger partial charge in [-0.2, -0.15) is 5.26 Å². The topological polar surface area (TPSA) is 23.8 Å². The predicted molar refractivity (Wildman–Crippen MR) is 199 cm³/mol. The highest BCUT2D eigenvalue weighted by atomic mass is 32.1. The zero-order valence-electron chi connectivity index (χ0n) is 24.7. The van der Waals surface area contributed by atoms with Gasteiger partial charge in [-0.1, -0.05) is 97.1 Å². The number of hydrogen-bond donors (Lipinski definition) is 0. The first kappa shape index (κ1) is 26.8. The van der Waals surface area contributed by atoms with Crippen molar-refractivity contribution >= 4 is 63.0 Å². The molecule has 0 unspecified atom stereocenters. The first-order valence-corrected chi connectivity index (χ1v) is 16.9. The van der Waals surface area contributed by atoms with Crippen LogP contribution >= 0.6 is 22.7 Å². The molecule has 0 spiro atoms. The van der Waals surface area contributed by atoms with E-state index in [0.29, 0.717) is 5.56 Å². The van der Waals surface area contributed by atoms with Crippen molar-refractivity contribution in [1.29, 1.82) is 5.26 Å². The molecule has 1 nitrogen and oxygen atoms in total. The van der Waals surface area contributed by atoms with Gasteiger partial charge in [0.15, 0.2) is 0 Å². The summed E-state index contributed by atoms with van der Waals surface area (Å²) < 4.78 is 5.20. The Balaban J connectivity index is 1.24. The van der Waals surface area contributed by atoms with Crippen molar-refractivity contribution in [2.75, 3.05) is 0 Å². The lowest BCUT2D eigenvalue weighted by molar-refractivity contribution is 1.47. The summed E-state index contributed by atoms with van der Waals surface area (Å²) in [7, 11) is 0. The van der Waals surface area contributed by atoms with E-state index < -0.39 is 0 Å². The molecule has 9 aromatic rings. The molecule has 0 aliphatic rings. The molecule has 9 rings (SSSR count). The summed E-state index contributed by atoms with van der Waals surface area (Å²) >= 11 is 3.69. The Morgan fingerprint density at radius 2 is 0.870 bits per heavy atom. The molecule has 0 amide bonds. The monoisotopic (exact) mass is 619 g/mol. The zero-order valence-corrected chi connectivity index (χ0v) is 26.3. The molecule has 0 bridgehead atoms. The third-order valence-corrected chi connectivity index (χ3v) is 11.2. The Kier molecular flexibility index (Phi) is 6.31. The van der Waals surface area contributed by atoms with Crippen LogP contribution in [0.25, 0.3) is 84.9 Å². The number of rotatable bonds is 4. The minimum atomic E-state index is 0.675. The third kappa shape index (κ3) is 4.51. The summed E-state index contributed by atoms with van der Waals surface area (Å²) in [6, 6.07) is 56.7. The minimum Gasteiger partial charge on any atom is -0.192 e. The summed E-state index contributed by atoms with van der Waals surface area (Å²) in [5.74, 6) is 0. The predicted octanol–water partition coefficient (Wildman–Crippen LogP) is 13.0. The third-order valence-electron chi connectivity index (χ3n) is 8.91. The van der Waals surface area contributed by atoms with E-state index in [1.165, 1.54) is 51.5 Å². The Hall–Kier alpha value is -5.53. The normalized spacial score (nSPS) is 11.5. The number of hydrogen-bond acceptors (Lipinski definition) is 3. The summed E-state index contributed by atoms with van der Waals surface area (Å²) in [4.78, 5) is 0. The number of fused-ring (bicyclic) bond motifs is 6. The largest absolute Gasteiger partial charge is 0.192 e. The molecule has 3 heteroatoms.